The fourth-order valence-electron chi connectivity index (χ4n) is 6.07. The lowest BCUT2D eigenvalue weighted by molar-refractivity contribution is -0.985. The molecular formula is C27H28BrN3O. The number of pyridine rings is 1. The molecule has 0 saturated carbocycles. The summed E-state index contributed by atoms with van der Waals surface area (Å²) in [5.41, 5.74) is 3.69. The molecule has 5 atom stereocenters. The van der Waals surface area contributed by atoms with Crippen LogP contribution >= 0.6 is 0 Å². The van der Waals surface area contributed by atoms with Crippen LogP contribution in [0.1, 0.15) is 35.6 Å². The van der Waals surface area contributed by atoms with E-state index in [1.165, 1.54) is 0 Å². The Morgan fingerprint density at radius 1 is 1.19 bits per heavy atom. The van der Waals surface area contributed by atoms with E-state index in [4.69, 9.17) is 0 Å². The second-order valence-electron chi connectivity index (χ2n) is 9.17. The number of quaternary nitrogens is 1. The summed E-state index contributed by atoms with van der Waals surface area (Å²) in [6.45, 7) is 6.88. The molecule has 4 heterocycles. The van der Waals surface area contributed by atoms with Crippen molar-refractivity contribution in [3.8, 4) is 6.07 Å². The first-order valence-electron chi connectivity index (χ1n) is 11.1. The summed E-state index contributed by atoms with van der Waals surface area (Å²) in [6.07, 6.45) is 5.46. The van der Waals surface area contributed by atoms with Gasteiger partial charge in [-0.1, -0.05) is 42.5 Å². The van der Waals surface area contributed by atoms with Gasteiger partial charge in [0.1, 0.15) is 18.7 Å². The number of rotatable bonds is 5. The highest BCUT2D eigenvalue weighted by molar-refractivity contribution is 5.82. The average molecular weight is 490 g/mol. The highest BCUT2D eigenvalue weighted by atomic mass is 79.9. The summed E-state index contributed by atoms with van der Waals surface area (Å²) in [5.74, 6) is 1.03. The minimum Gasteiger partial charge on any atom is -1.00 e. The smallest absolute Gasteiger partial charge is 0.131 e. The van der Waals surface area contributed by atoms with Gasteiger partial charge in [0.25, 0.3) is 0 Å². The zero-order chi connectivity index (χ0) is 21.4. The Bertz CT molecular complexity index is 1170. The summed E-state index contributed by atoms with van der Waals surface area (Å²) in [5, 5.41) is 22.4. The van der Waals surface area contributed by atoms with E-state index in [0.717, 1.165) is 64.6 Å². The quantitative estimate of drug-likeness (QED) is 0.438. The third-order valence-corrected chi connectivity index (χ3v) is 7.66. The highest BCUT2D eigenvalue weighted by Gasteiger charge is 2.54. The Balaban J connectivity index is 0.00000245. The molecule has 3 aromatic rings. The molecule has 0 spiro atoms. The third-order valence-electron chi connectivity index (χ3n) is 7.66. The predicted octanol–water partition coefficient (Wildman–Crippen LogP) is 1.76. The molecule has 2 aromatic carbocycles. The lowest BCUT2D eigenvalue weighted by Gasteiger charge is -2.58. The molecule has 3 aliphatic heterocycles. The molecule has 3 fully saturated rings. The van der Waals surface area contributed by atoms with Crippen LogP contribution in [-0.4, -0.2) is 33.7 Å². The molecule has 0 aliphatic carbocycles. The maximum atomic E-state index is 11.8. The normalized spacial score (nSPS) is 27.3. The molecule has 0 amide bonds. The van der Waals surface area contributed by atoms with Gasteiger partial charge in [0.15, 0.2) is 0 Å². The van der Waals surface area contributed by atoms with Gasteiger partial charge in [-0.3, -0.25) is 4.98 Å². The number of hydrogen-bond acceptors (Lipinski definition) is 3. The van der Waals surface area contributed by atoms with Crippen LogP contribution in [0.3, 0.4) is 0 Å². The third kappa shape index (κ3) is 3.77. The second kappa shape index (κ2) is 9.15. The average Bonchev–Trinajstić information content (AvgIpc) is 2.83. The number of benzene rings is 2. The Kier molecular flexibility index (Phi) is 6.48. The van der Waals surface area contributed by atoms with Gasteiger partial charge >= 0.3 is 0 Å². The molecule has 164 valence electrons. The summed E-state index contributed by atoms with van der Waals surface area (Å²) in [4.78, 5) is 4.48. The Morgan fingerprint density at radius 3 is 2.78 bits per heavy atom. The number of hydrogen-bond donors (Lipinski definition) is 1. The lowest BCUT2D eigenvalue weighted by atomic mass is 9.71. The summed E-state index contributed by atoms with van der Waals surface area (Å²) < 4.78 is 0.809. The molecule has 0 unspecified atom stereocenters. The van der Waals surface area contributed by atoms with Crippen LogP contribution in [0, 0.1) is 23.2 Å². The Hall–Kier alpha value is -2.52. The monoisotopic (exact) mass is 489 g/mol. The highest BCUT2D eigenvalue weighted by Crippen LogP contribution is 2.48. The first-order valence-corrected chi connectivity index (χ1v) is 11.1. The van der Waals surface area contributed by atoms with E-state index >= 15 is 0 Å². The zero-order valence-electron chi connectivity index (χ0n) is 18.1. The zero-order valence-corrected chi connectivity index (χ0v) is 19.7. The number of piperidine rings is 3. The summed E-state index contributed by atoms with van der Waals surface area (Å²) in [7, 11) is 0. The van der Waals surface area contributed by atoms with Gasteiger partial charge in [0, 0.05) is 35.9 Å². The number of nitriles is 1. The maximum Gasteiger partial charge on any atom is 0.131 e. The van der Waals surface area contributed by atoms with E-state index in [1.807, 2.05) is 42.5 Å². The lowest BCUT2D eigenvalue weighted by Crippen LogP contribution is -3.00. The van der Waals surface area contributed by atoms with Gasteiger partial charge in [0.05, 0.1) is 30.2 Å². The minimum atomic E-state index is -0.573. The van der Waals surface area contributed by atoms with Crippen molar-refractivity contribution in [2.75, 3.05) is 13.1 Å². The van der Waals surface area contributed by atoms with Gasteiger partial charge in [-0.2, -0.15) is 5.26 Å². The molecule has 5 heteroatoms. The van der Waals surface area contributed by atoms with Crippen molar-refractivity contribution in [2.45, 2.75) is 31.5 Å². The Labute approximate surface area is 200 Å². The molecule has 3 aliphatic rings. The molecule has 32 heavy (non-hydrogen) atoms. The predicted molar refractivity (Wildman–Crippen MR) is 122 cm³/mol. The molecular weight excluding hydrogens is 462 g/mol. The maximum absolute atomic E-state index is 11.8. The van der Waals surface area contributed by atoms with Crippen LogP contribution in [0.2, 0.25) is 0 Å². The SMILES string of the molecule is C=C[C@H]1C[N@+]2(Cc3ccccc3C#N)CC[C@H]1C[C@H]2[C@H](O)c1ccnc2ccccc12.[Br-]. The van der Waals surface area contributed by atoms with Gasteiger partial charge < -0.3 is 26.6 Å². The number of aliphatic hydroxyl groups is 1. The van der Waals surface area contributed by atoms with Crippen LogP contribution in [0.15, 0.2) is 73.4 Å². The van der Waals surface area contributed by atoms with Crippen LogP contribution in [0.25, 0.3) is 10.9 Å². The number of fused-ring (bicyclic) bond motifs is 4. The molecule has 1 N–H and O–H groups in total. The van der Waals surface area contributed by atoms with Gasteiger partial charge in [-0.25, -0.2) is 0 Å². The van der Waals surface area contributed by atoms with Crippen LogP contribution in [0.4, 0.5) is 0 Å². The van der Waals surface area contributed by atoms with E-state index in [9.17, 15) is 10.4 Å². The largest absolute Gasteiger partial charge is 1.00 e. The fraction of sp³-hybridized carbons (Fsp3) is 0.333. The van der Waals surface area contributed by atoms with Crippen molar-refractivity contribution in [1.29, 1.82) is 5.26 Å². The van der Waals surface area contributed by atoms with Crippen molar-refractivity contribution in [1.82, 2.24) is 4.98 Å². The molecule has 0 radical (unpaired) electrons. The van der Waals surface area contributed by atoms with Crippen molar-refractivity contribution in [2.24, 2.45) is 11.8 Å². The van der Waals surface area contributed by atoms with Crippen LogP contribution < -0.4 is 17.0 Å². The number of aliphatic hydroxyl groups excluding tert-OH is 1. The molecule has 2 bridgehead atoms. The number of halogens is 1. The van der Waals surface area contributed by atoms with E-state index in [-0.39, 0.29) is 23.0 Å². The fourth-order valence-corrected chi connectivity index (χ4v) is 6.07. The molecule has 4 nitrogen and oxygen atoms in total. The molecule has 6 rings (SSSR count). The number of nitrogens with zero attached hydrogens (tertiary/aromatic N) is 3. The first kappa shape index (κ1) is 22.7. The van der Waals surface area contributed by atoms with Gasteiger partial charge in [0.2, 0.25) is 0 Å². The number of aromatic nitrogens is 1. The summed E-state index contributed by atoms with van der Waals surface area (Å²) >= 11 is 0. The van der Waals surface area contributed by atoms with E-state index < -0.39 is 6.10 Å². The molecule has 1 aromatic heterocycles. The van der Waals surface area contributed by atoms with Crippen LogP contribution in [-0.2, 0) is 6.54 Å². The molecule has 3 saturated heterocycles. The minimum absolute atomic E-state index is 0. The van der Waals surface area contributed by atoms with Crippen LogP contribution in [0.5, 0.6) is 0 Å². The van der Waals surface area contributed by atoms with Gasteiger partial charge in [-0.15, -0.1) is 6.58 Å². The van der Waals surface area contributed by atoms with Crippen molar-refractivity contribution in [3.05, 3.63) is 90.1 Å². The van der Waals surface area contributed by atoms with Gasteiger partial charge in [-0.05, 0) is 29.7 Å². The Morgan fingerprint density at radius 2 is 1.97 bits per heavy atom. The standard InChI is InChI=1S/C27H28N3O.BrH/c1-2-19-17-30(18-22-8-4-3-7-21(22)16-28)14-12-20(19)15-26(30)27(31)24-11-13-29-25-10-6-5-9-23(24)25;/h2-11,13,19-20,26-27,31H,1,12,14-15,17-18H2;1H/q+1;/p-1/t19-,20-,26-,27+,30-;/m0./s1. The second-order valence-corrected chi connectivity index (χ2v) is 9.17. The number of para-hydroxylation sites is 1. The topological polar surface area (TPSA) is 56.9 Å². The first-order chi connectivity index (χ1) is 15.1. The van der Waals surface area contributed by atoms with Crippen molar-refractivity contribution >= 4 is 10.9 Å². The van der Waals surface area contributed by atoms with Crippen molar-refractivity contribution < 1.29 is 26.6 Å². The summed E-state index contributed by atoms with van der Waals surface area (Å²) in [6, 6.07) is 20.4. The van der Waals surface area contributed by atoms with E-state index in [1.54, 1.807) is 6.20 Å². The van der Waals surface area contributed by atoms with E-state index in [2.05, 4.69) is 35.8 Å². The van der Waals surface area contributed by atoms with Crippen molar-refractivity contribution in [3.63, 3.8) is 0 Å². The van der Waals surface area contributed by atoms with E-state index in [0.29, 0.717) is 11.8 Å².